The van der Waals surface area contributed by atoms with Gasteiger partial charge in [0, 0.05) is 29.4 Å². The van der Waals surface area contributed by atoms with E-state index in [9.17, 15) is 12.6 Å². The highest BCUT2D eigenvalue weighted by atomic mass is 32.2. The summed E-state index contributed by atoms with van der Waals surface area (Å²) in [5, 5.41) is 0.0580. The minimum Gasteiger partial charge on any atom is -0.332 e. The lowest BCUT2D eigenvalue weighted by atomic mass is 10.5. The zero-order chi connectivity index (χ0) is 12.2. The molecule has 0 fully saturated rings. The van der Waals surface area contributed by atoms with E-state index < -0.39 is 20.8 Å². The highest BCUT2D eigenvalue weighted by molar-refractivity contribution is 7.89. The van der Waals surface area contributed by atoms with Crippen LogP contribution in [0.2, 0.25) is 0 Å². The van der Waals surface area contributed by atoms with Crippen LogP contribution in [0.3, 0.4) is 0 Å². The van der Waals surface area contributed by atoms with Gasteiger partial charge in [-0.2, -0.15) is 0 Å². The third-order valence-corrected chi connectivity index (χ3v) is 4.10. The van der Waals surface area contributed by atoms with E-state index in [1.165, 1.54) is 6.20 Å². The van der Waals surface area contributed by atoms with Gasteiger partial charge in [-0.05, 0) is 13.3 Å². The number of sulfonamides is 1. The number of rotatable bonds is 6. The van der Waals surface area contributed by atoms with Gasteiger partial charge in [-0.3, -0.25) is 4.21 Å². The number of hydrogen-bond acceptors (Lipinski definition) is 4. The van der Waals surface area contributed by atoms with Crippen LogP contribution in [0.25, 0.3) is 0 Å². The molecule has 1 heterocycles. The third kappa shape index (κ3) is 4.03. The predicted octanol–water partition coefficient (Wildman–Crippen LogP) is -0.235. The van der Waals surface area contributed by atoms with Gasteiger partial charge in [0.25, 0.3) is 10.0 Å². The third-order valence-electron chi connectivity index (χ3n) is 1.87. The van der Waals surface area contributed by atoms with Crippen molar-refractivity contribution in [2.24, 2.45) is 0 Å². The van der Waals surface area contributed by atoms with Crippen LogP contribution in [0.1, 0.15) is 12.2 Å². The Morgan fingerprint density at radius 2 is 2.25 bits per heavy atom. The lowest BCUT2D eigenvalue weighted by Gasteiger charge is -2.03. The maximum atomic E-state index is 11.6. The second-order valence-corrected chi connectivity index (χ2v) is 6.65. The Balaban J connectivity index is 2.50. The van der Waals surface area contributed by atoms with Crippen LogP contribution in [0.4, 0.5) is 0 Å². The van der Waals surface area contributed by atoms with Crippen molar-refractivity contribution in [1.29, 1.82) is 0 Å². The number of nitrogens with one attached hydrogen (secondary N) is 2. The van der Waals surface area contributed by atoms with E-state index in [1.807, 2.05) is 0 Å². The molecule has 6 nitrogen and oxygen atoms in total. The number of aryl methyl sites for hydroxylation is 1. The van der Waals surface area contributed by atoms with Gasteiger partial charge < -0.3 is 4.98 Å². The van der Waals surface area contributed by atoms with Crippen LogP contribution >= 0.6 is 0 Å². The molecule has 1 atom stereocenters. The first-order valence-electron chi connectivity index (χ1n) is 4.73. The molecule has 1 unspecified atom stereocenters. The van der Waals surface area contributed by atoms with Crippen LogP contribution in [-0.2, 0) is 20.8 Å². The summed E-state index contributed by atoms with van der Waals surface area (Å²) in [4.78, 5) is 6.46. The Kier molecular flexibility index (Phi) is 4.63. The second kappa shape index (κ2) is 5.55. The lowest BCUT2D eigenvalue weighted by Crippen LogP contribution is -2.26. The molecule has 1 aromatic rings. The van der Waals surface area contributed by atoms with Crippen molar-refractivity contribution in [2.75, 3.05) is 18.6 Å². The van der Waals surface area contributed by atoms with Gasteiger partial charge in [0.15, 0.2) is 5.03 Å². The van der Waals surface area contributed by atoms with E-state index in [1.54, 1.807) is 13.2 Å². The van der Waals surface area contributed by atoms with Crippen molar-refractivity contribution in [3.05, 3.63) is 12.0 Å². The molecule has 0 aromatic carbocycles. The first-order chi connectivity index (χ1) is 7.42. The fraction of sp³-hybridized carbons (Fsp3) is 0.625. The zero-order valence-electron chi connectivity index (χ0n) is 9.19. The summed E-state index contributed by atoms with van der Waals surface area (Å²) in [7, 11) is -4.39. The molecule has 0 radical (unpaired) electrons. The molecule has 92 valence electrons. The van der Waals surface area contributed by atoms with Crippen molar-refractivity contribution in [3.8, 4) is 0 Å². The Morgan fingerprint density at radius 1 is 1.56 bits per heavy atom. The monoisotopic (exact) mass is 265 g/mol. The molecular formula is C8H15N3O3S2. The SMILES string of the molecule is Cc1ncc(S(=O)(=O)NCCCS(C)=O)[nH]1. The first kappa shape index (κ1) is 13.3. The minimum atomic E-state index is -3.50. The fourth-order valence-electron chi connectivity index (χ4n) is 1.09. The van der Waals surface area contributed by atoms with Crippen molar-refractivity contribution >= 4 is 20.8 Å². The lowest BCUT2D eigenvalue weighted by molar-refractivity contribution is 0.577. The Labute approximate surface area is 97.4 Å². The quantitative estimate of drug-likeness (QED) is 0.695. The van der Waals surface area contributed by atoms with E-state index in [2.05, 4.69) is 14.7 Å². The fourth-order valence-corrected chi connectivity index (χ4v) is 2.69. The number of H-pyrrole nitrogens is 1. The van der Waals surface area contributed by atoms with Gasteiger partial charge in [0.05, 0.1) is 6.20 Å². The summed E-state index contributed by atoms with van der Waals surface area (Å²) >= 11 is 0. The van der Waals surface area contributed by atoms with Gasteiger partial charge in [-0.1, -0.05) is 0 Å². The number of aromatic nitrogens is 2. The van der Waals surface area contributed by atoms with Gasteiger partial charge in [0.2, 0.25) is 0 Å². The van der Waals surface area contributed by atoms with Gasteiger partial charge >= 0.3 is 0 Å². The summed E-state index contributed by atoms with van der Waals surface area (Å²) in [6.07, 6.45) is 3.41. The van der Waals surface area contributed by atoms with E-state index in [4.69, 9.17) is 0 Å². The molecule has 16 heavy (non-hydrogen) atoms. The molecule has 1 rings (SSSR count). The van der Waals surface area contributed by atoms with Crippen molar-refractivity contribution in [1.82, 2.24) is 14.7 Å². The van der Waals surface area contributed by atoms with E-state index in [-0.39, 0.29) is 11.6 Å². The average molecular weight is 265 g/mol. The standard InChI is InChI=1S/C8H15N3O3S2/c1-7-9-6-8(11-7)16(13,14)10-4-3-5-15(2)12/h6,10H,3-5H2,1-2H3,(H,9,11). The highest BCUT2D eigenvalue weighted by Crippen LogP contribution is 2.04. The molecule has 0 bridgehead atoms. The van der Waals surface area contributed by atoms with Crippen molar-refractivity contribution < 1.29 is 12.6 Å². The van der Waals surface area contributed by atoms with E-state index in [0.29, 0.717) is 18.0 Å². The molecule has 0 saturated carbocycles. The molecule has 1 aromatic heterocycles. The van der Waals surface area contributed by atoms with E-state index in [0.717, 1.165) is 0 Å². The maximum Gasteiger partial charge on any atom is 0.257 e. The van der Waals surface area contributed by atoms with Crippen molar-refractivity contribution in [2.45, 2.75) is 18.4 Å². The maximum absolute atomic E-state index is 11.6. The highest BCUT2D eigenvalue weighted by Gasteiger charge is 2.15. The minimum absolute atomic E-state index is 0.0580. The molecule has 0 aliphatic rings. The number of imidazole rings is 1. The number of aromatic amines is 1. The Hall–Kier alpha value is -0.730. The van der Waals surface area contributed by atoms with Crippen LogP contribution in [0.5, 0.6) is 0 Å². The molecule has 8 heteroatoms. The van der Waals surface area contributed by atoms with Crippen LogP contribution < -0.4 is 4.72 Å². The summed E-state index contributed by atoms with van der Waals surface area (Å²) in [6.45, 7) is 1.96. The molecule has 0 aliphatic carbocycles. The van der Waals surface area contributed by atoms with Gasteiger partial charge in [-0.25, -0.2) is 18.1 Å². The summed E-state index contributed by atoms with van der Waals surface area (Å²) in [5.41, 5.74) is 0. The molecular weight excluding hydrogens is 250 g/mol. The normalized spacial score (nSPS) is 13.9. The Morgan fingerprint density at radius 3 is 2.75 bits per heavy atom. The number of hydrogen-bond donors (Lipinski definition) is 2. The van der Waals surface area contributed by atoms with Crippen LogP contribution in [-0.4, -0.2) is 41.1 Å². The van der Waals surface area contributed by atoms with Gasteiger partial charge in [-0.15, -0.1) is 0 Å². The van der Waals surface area contributed by atoms with E-state index >= 15 is 0 Å². The van der Waals surface area contributed by atoms with Crippen molar-refractivity contribution in [3.63, 3.8) is 0 Å². The van der Waals surface area contributed by atoms with Crippen LogP contribution in [0.15, 0.2) is 11.2 Å². The second-order valence-electron chi connectivity index (χ2n) is 3.36. The Bertz CT molecular complexity index is 467. The molecule has 0 spiro atoms. The summed E-state index contributed by atoms with van der Waals surface area (Å²) in [5.74, 6) is 1.04. The largest absolute Gasteiger partial charge is 0.332 e. The summed E-state index contributed by atoms with van der Waals surface area (Å²) < 4.78 is 36.4. The zero-order valence-corrected chi connectivity index (χ0v) is 10.8. The average Bonchev–Trinajstić information content (AvgIpc) is 2.60. The first-order valence-corrected chi connectivity index (χ1v) is 7.94. The predicted molar refractivity (Wildman–Crippen MR) is 62.1 cm³/mol. The molecule has 2 N–H and O–H groups in total. The van der Waals surface area contributed by atoms with Crippen LogP contribution in [0, 0.1) is 6.92 Å². The molecule has 0 saturated heterocycles. The smallest absolute Gasteiger partial charge is 0.257 e. The summed E-state index contributed by atoms with van der Waals surface area (Å²) in [6, 6.07) is 0. The molecule has 0 aliphatic heterocycles. The van der Waals surface area contributed by atoms with Gasteiger partial charge in [0.1, 0.15) is 5.82 Å². The molecule has 0 amide bonds. The topological polar surface area (TPSA) is 91.9 Å². The number of nitrogens with zero attached hydrogens (tertiary/aromatic N) is 1.